The van der Waals surface area contributed by atoms with Gasteiger partial charge in [-0.2, -0.15) is 0 Å². The third-order valence-corrected chi connectivity index (χ3v) is 3.13. The summed E-state index contributed by atoms with van der Waals surface area (Å²) in [5, 5.41) is 32.0. The van der Waals surface area contributed by atoms with Crippen molar-refractivity contribution in [3.8, 4) is 5.75 Å². The van der Waals surface area contributed by atoms with Gasteiger partial charge in [0.1, 0.15) is 16.9 Å². The number of hydrogen-bond donors (Lipinski definition) is 3. The maximum absolute atomic E-state index is 12.2. The van der Waals surface area contributed by atoms with E-state index in [1.54, 1.807) is 0 Å². The highest BCUT2D eigenvalue weighted by Crippen LogP contribution is 2.27. The first-order chi connectivity index (χ1) is 10.8. The molecule has 0 aliphatic rings. The highest BCUT2D eigenvalue weighted by atomic mass is 16.6. The zero-order chi connectivity index (χ0) is 17.1. The molecule has 0 bridgehead atoms. The number of phenols is 1. The van der Waals surface area contributed by atoms with E-state index in [2.05, 4.69) is 5.32 Å². The number of rotatable bonds is 4. The van der Waals surface area contributed by atoms with Gasteiger partial charge in [-0.15, -0.1) is 0 Å². The van der Waals surface area contributed by atoms with E-state index in [0.717, 1.165) is 6.07 Å². The van der Waals surface area contributed by atoms with Crippen molar-refractivity contribution in [1.29, 1.82) is 0 Å². The van der Waals surface area contributed by atoms with Gasteiger partial charge in [-0.05, 0) is 30.7 Å². The SMILES string of the molecule is Cc1cc(NC(=O)c2ccccc2[N+](=O)[O-])cc(C(=O)O)c1O. The second-order valence-electron chi connectivity index (χ2n) is 4.72. The van der Waals surface area contributed by atoms with Gasteiger partial charge < -0.3 is 15.5 Å². The topological polar surface area (TPSA) is 130 Å². The van der Waals surface area contributed by atoms with Crippen molar-refractivity contribution in [2.45, 2.75) is 6.92 Å². The van der Waals surface area contributed by atoms with Crippen LogP contribution in [0.3, 0.4) is 0 Å². The molecule has 0 aliphatic carbocycles. The predicted molar refractivity (Wildman–Crippen MR) is 80.9 cm³/mol. The summed E-state index contributed by atoms with van der Waals surface area (Å²) in [5.41, 5.74) is -0.523. The van der Waals surface area contributed by atoms with E-state index in [-0.39, 0.29) is 28.1 Å². The number of carboxylic acids is 1. The molecule has 0 radical (unpaired) electrons. The highest BCUT2D eigenvalue weighted by Gasteiger charge is 2.20. The summed E-state index contributed by atoms with van der Waals surface area (Å²) < 4.78 is 0. The predicted octanol–water partition coefficient (Wildman–Crippen LogP) is 2.56. The van der Waals surface area contributed by atoms with Crippen LogP contribution in [0.1, 0.15) is 26.3 Å². The Balaban J connectivity index is 2.39. The highest BCUT2D eigenvalue weighted by molar-refractivity contribution is 6.07. The Kier molecular flexibility index (Phi) is 4.26. The first-order valence-electron chi connectivity index (χ1n) is 6.43. The van der Waals surface area contributed by atoms with Gasteiger partial charge in [0, 0.05) is 11.8 Å². The van der Waals surface area contributed by atoms with Crippen LogP contribution in [0, 0.1) is 17.0 Å². The number of nitro groups is 1. The lowest BCUT2D eigenvalue weighted by Gasteiger charge is -2.10. The number of amides is 1. The van der Waals surface area contributed by atoms with Crippen LogP contribution >= 0.6 is 0 Å². The van der Waals surface area contributed by atoms with Gasteiger partial charge in [0.25, 0.3) is 11.6 Å². The number of aromatic hydroxyl groups is 1. The van der Waals surface area contributed by atoms with E-state index >= 15 is 0 Å². The van der Waals surface area contributed by atoms with Crippen molar-refractivity contribution >= 4 is 23.3 Å². The maximum Gasteiger partial charge on any atom is 0.339 e. The molecule has 2 rings (SSSR count). The number of nitrogens with zero attached hydrogens (tertiary/aromatic N) is 1. The molecule has 0 saturated carbocycles. The monoisotopic (exact) mass is 316 g/mol. The van der Waals surface area contributed by atoms with Crippen LogP contribution in [0.25, 0.3) is 0 Å². The number of hydrogen-bond acceptors (Lipinski definition) is 5. The van der Waals surface area contributed by atoms with Crippen molar-refractivity contribution in [3.63, 3.8) is 0 Å². The van der Waals surface area contributed by atoms with E-state index in [1.165, 1.54) is 37.3 Å². The number of para-hydroxylation sites is 1. The molecular weight excluding hydrogens is 304 g/mol. The van der Waals surface area contributed by atoms with Crippen molar-refractivity contribution in [2.75, 3.05) is 5.32 Å². The lowest BCUT2D eigenvalue weighted by molar-refractivity contribution is -0.385. The van der Waals surface area contributed by atoms with Crippen LogP contribution in [0.5, 0.6) is 5.75 Å². The Hall–Kier alpha value is -3.42. The fraction of sp³-hybridized carbons (Fsp3) is 0.0667. The molecule has 2 aromatic carbocycles. The molecule has 2 aromatic rings. The van der Waals surface area contributed by atoms with Crippen LogP contribution in [-0.2, 0) is 0 Å². The molecule has 8 heteroatoms. The molecule has 0 fully saturated rings. The van der Waals surface area contributed by atoms with Gasteiger partial charge in [-0.1, -0.05) is 12.1 Å². The van der Waals surface area contributed by atoms with E-state index < -0.39 is 22.5 Å². The van der Waals surface area contributed by atoms with Crippen LogP contribution in [-0.4, -0.2) is 27.0 Å². The normalized spacial score (nSPS) is 10.1. The fourth-order valence-electron chi connectivity index (χ4n) is 2.04. The van der Waals surface area contributed by atoms with Crippen molar-refractivity contribution < 1.29 is 24.7 Å². The molecule has 0 unspecified atom stereocenters. The van der Waals surface area contributed by atoms with Crippen LogP contribution in [0.4, 0.5) is 11.4 Å². The van der Waals surface area contributed by atoms with Gasteiger partial charge in [-0.3, -0.25) is 14.9 Å². The lowest BCUT2D eigenvalue weighted by atomic mass is 10.1. The average Bonchev–Trinajstić information content (AvgIpc) is 2.50. The van der Waals surface area contributed by atoms with Crippen LogP contribution in [0.15, 0.2) is 36.4 Å². The Morgan fingerprint density at radius 1 is 1.17 bits per heavy atom. The number of benzene rings is 2. The minimum absolute atomic E-state index is 0.112. The largest absolute Gasteiger partial charge is 0.507 e. The van der Waals surface area contributed by atoms with Gasteiger partial charge in [-0.25, -0.2) is 4.79 Å². The number of aryl methyl sites for hydroxylation is 1. The second-order valence-corrected chi connectivity index (χ2v) is 4.72. The average molecular weight is 316 g/mol. The first kappa shape index (κ1) is 16.0. The zero-order valence-electron chi connectivity index (χ0n) is 11.9. The van der Waals surface area contributed by atoms with E-state index in [9.17, 15) is 24.8 Å². The second kappa shape index (κ2) is 6.14. The smallest absolute Gasteiger partial charge is 0.339 e. The molecule has 1 amide bonds. The third kappa shape index (κ3) is 3.26. The summed E-state index contributed by atoms with van der Waals surface area (Å²) in [5.74, 6) is -2.51. The molecule has 0 atom stereocenters. The summed E-state index contributed by atoms with van der Waals surface area (Å²) >= 11 is 0. The van der Waals surface area contributed by atoms with Gasteiger partial charge >= 0.3 is 5.97 Å². The summed E-state index contributed by atoms with van der Waals surface area (Å²) in [6, 6.07) is 7.85. The standard InChI is InChI=1S/C15H12N2O6/c1-8-6-9(7-11(13(8)18)15(20)21)16-14(19)10-4-2-3-5-12(10)17(22)23/h2-7,18H,1H3,(H,16,19)(H,20,21). The molecule has 0 heterocycles. The number of anilines is 1. The maximum atomic E-state index is 12.2. The third-order valence-electron chi connectivity index (χ3n) is 3.13. The number of nitrogens with one attached hydrogen (secondary N) is 1. The first-order valence-corrected chi connectivity index (χ1v) is 6.43. The van der Waals surface area contributed by atoms with E-state index in [1.807, 2.05) is 0 Å². The van der Waals surface area contributed by atoms with Crippen molar-refractivity contribution in [1.82, 2.24) is 0 Å². The Labute approximate surface area is 130 Å². The number of carboxylic acid groups (broad SMARTS) is 1. The quantitative estimate of drug-likeness (QED) is 0.451. The molecule has 23 heavy (non-hydrogen) atoms. The summed E-state index contributed by atoms with van der Waals surface area (Å²) in [6.07, 6.45) is 0. The van der Waals surface area contributed by atoms with Crippen molar-refractivity contribution in [3.05, 3.63) is 63.2 Å². The molecule has 118 valence electrons. The summed E-state index contributed by atoms with van der Waals surface area (Å²) in [4.78, 5) is 33.5. The number of carbonyl (C=O) groups is 2. The Morgan fingerprint density at radius 3 is 2.43 bits per heavy atom. The molecule has 0 saturated heterocycles. The van der Waals surface area contributed by atoms with Gasteiger partial charge in [0.05, 0.1) is 4.92 Å². The van der Waals surface area contributed by atoms with Crippen LogP contribution < -0.4 is 5.32 Å². The minimum Gasteiger partial charge on any atom is -0.507 e. The number of aromatic carboxylic acids is 1. The molecular formula is C15H12N2O6. The van der Waals surface area contributed by atoms with E-state index in [0.29, 0.717) is 0 Å². The van der Waals surface area contributed by atoms with Crippen molar-refractivity contribution in [2.24, 2.45) is 0 Å². The van der Waals surface area contributed by atoms with Gasteiger partial charge in [0.2, 0.25) is 0 Å². The van der Waals surface area contributed by atoms with E-state index in [4.69, 9.17) is 5.11 Å². The lowest BCUT2D eigenvalue weighted by Crippen LogP contribution is -2.14. The number of nitro benzene ring substituents is 1. The fourth-order valence-corrected chi connectivity index (χ4v) is 2.04. The minimum atomic E-state index is -1.35. The molecule has 0 aromatic heterocycles. The molecule has 0 aliphatic heterocycles. The molecule has 8 nitrogen and oxygen atoms in total. The Bertz CT molecular complexity index is 816. The summed E-state index contributed by atoms with van der Waals surface area (Å²) in [6.45, 7) is 1.47. The molecule has 3 N–H and O–H groups in total. The summed E-state index contributed by atoms with van der Waals surface area (Å²) in [7, 11) is 0. The Morgan fingerprint density at radius 2 is 1.83 bits per heavy atom. The molecule has 0 spiro atoms. The number of carbonyl (C=O) groups excluding carboxylic acids is 1. The zero-order valence-corrected chi connectivity index (χ0v) is 11.9. The van der Waals surface area contributed by atoms with Gasteiger partial charge in [0.15, 0.2) is 0 Å². The van der Waals surface area contributed by atoms with Crippen LogP contribution in [0.2, 0.25) is 0 Å².